The molecule has 2 bridgehead atoms. The summed E-state index contributed by atoms with van der Waals surface area (Å²) in [6, 6.07) is 14.6. The molecule has 0 radical (unpaired) electrons. The van der Waals surface area contributed by atoms with Crippen LogP contribution in [0.5, 0.6) is 11.5 Å². The van der Waals surface area contributed by atoms with Crippen molar-refractivity contribution in [3.8, 4) is 11.5 Å². The van der Waals surface area contributed by atoms with Gasteiger partial charge in [-0.15, -0.1) is 0 Å². The van der Waals surface area contributed by atoms with Crippen LogP contribution in [0.1, 0.15) is 49.1 Å². The van der Waals surface area contributed by atoms with Crippen LogP contribution in [0.25, 0.3) is 0 Å². The van der Waals surface area contributed by atoms with Gasteiger partial charge < -0.3 is 20.1 Å². The molecule has 2 aromatic carbocycles. The normalized spacial score (nSPS) is 23.0. The SMILES string of the molecule is O=C1C[C@@H](C(=O)NO)CCCOc2ccc(cc2)C2CC2(C(=O)NCc2ccc(OCCCF)cc2)N1. The average Bonchev–Trinajstić information content (AvgIpc) is 3.64. The summed E-state index contributed by atoms with van der Waals surface area (Å²) in [6.45, 7) is 0.480. The number of rotatable bonds is 8. The summed E-state index contributed by atoms with van der Waals surface area (Å²) in [4.78, 5) is 38.5. The standard InChI is InChI=1S/C27H32FN3O6/c28-12-2-14-37-21-8-4-18(5-9-21)17-29-26(34)27-16-23(27)19-6-10-22(11-7-19)36-13-1-3-20(25(33)31-35)15-24(32)30-27/h4-11,20,23,35H,1-3,12-17H2,(H,29,34)(H,30,32)(H,31,33)/t20-,23?,27?/m0/s1. The molecule has 3 aliphatic rings. The fourth-order valence-corrected chi connectivity index (χ4v) is 4.66. The van der Waals surface area contributed by atoms with E-state index in [1.165, 1.54) is 0 Å². The Hall–Kier alpha value is -3.66. The topological polar surface area (TPSA) is 126 Å². The average molecular weight is 514 g/mol. The van der Waals surface area contributed by atoms with Gasteiger partial charge in [-0.1, -0.05) is 24.3 Å². The Bertz CT molecular complexity index is 1090. The first-order valence-electron chi connectivity index (χ1n) is 12.5. The van der Waals surface area contributed by atoms with Crippen LogP contribution in [0, 0.1) is 5.92 Å². The molecule has 2 unspecified atom stereocenters. The van der Waals surface area contributed by atoms with Crippen LogP contribution in [0.3, 0.4) is 0 Å². The van der Waals surface area contributed by atoms with Crippen LogP contribution in [0.2, 0.25) is 0 Å². The minimum atomic E-state index is -1.14. The molecule has 3 atom stereocenters. The summed E-state index contributed by atoms with van der Waals surface area (Å²) < 4.78 is 23.4. The molecule has 2 aromatic rings. The van der Waals surface area contributed by atoms with E-state index < -0.39 is 29.9 Å². The molecule has 10 heteroatoms. The lowest BCUT2D eigenvalue weighted by Gasteiger charge is -2.22. The third-order valence-electron chi connectivity index (χ3n) is 6.81. The van der Waals surface area contributed by atoms with E-state index in [0.29, 0.717) is 50.4 Å². The highest BCUT2D eigenvalue weighted by atomic mass is 19.1. The van der Waals surface area contributed by atoms with Crippen molar-refractivity contribution in [1.82, 2.24) is 16.1 Å². The molecule has 0 aromatic heterocycles. The minimum Gasteiger partial charge on any atom is -0.494 e. The maximum Gasteiger partial charge on any atom is 0.246 e. The molecule has 5 rings (SSSR count). The lowest BCUT2D eigenvalue weighted by Crippen LogP contribution is -2.50. The number of fused-ring (bicyclic) bond motifs is 9. The molecule has 1 saturated carbocycles. The number of carbonyl (C=O) groups is 3. The predicted molar refractivity (Wildman–Crippen MR) is 132 cm³/mol. The van der Waals surface area contributed by atoms with Crippen molar-refractivity contribution in [3.05, 3.63) is 59.7 Å². The monoisotopic (exact) mass is 513 g/mol. The van der Waals surface area contributed by atoms with E-state index in [9.17, 15) is 18.8 Å². The van der Waals surface area contributed by atoms with E-state index in [4.69, 9.17) is 14.7 Å². The molecular weight excluding hydrogens is 481 g/mol. The van der Waals surface area contributed by atoms with Crippen LogP contribution < -0.4 is 25.6 Å². The number of hydroxylamine groups is 1. The van der Waals surface area contributed by atoms with E-state index in [2.05, 4.69) is 10.6 Å². The van der Waals surface area contributed by atoms with Crippen LogP contribution in [0.15, 0.2) is 48.5 Å². The Balaban J connectivity index is 1.47. The zero-order valence-corrected chi connectivity index (χ0v) is 20.5. The number of hydrogen-bond acceptors (Lipinski definition) is 6. The van der Waals surface area contributed by atoms with Gasteiger partial charge in [0.2, 0.25) is 17.7 Å². The molecule has 1 aliphatic carbocycles. The van der Waals surface area contributed by atoms with Crippen molar-refractivity contribution in [2.75, 3.05) is 19.9 Å². The summed E-state index contributed by atoms with van der Waals surface area (Å²) in [5.74, 6) is -1.07. The predicted octanol–water partition coefficient (Wildman–Crippen LogP) is 2.77. The number of halogens is 1. The molecule has 1 fully saturated rings. The Kier molecular flexibility index (Phi) is 8.60. The second-order valence-corrected chi connectivity index (χ2v) is 9.43. The van der Waals surface area contributed by atoms with Gasteiger partial charge in [0.05, 0.1) is 19.9 Å². The van der Waals surface area contributed by atoms with E-state index in [0.717, 1.165) is 11.1 Å². The molecule has 2 aliphatic heterocycles. The largest absolute Gasteiger partial charge is 0.494 e. The number of alkyl halides is 1. The highest BCUT2D eigenvalue weighted by molar-refractivity contribution is 5.97. The summed E-state index contributed by atoms with van der Waals surface area (Å²) >= 11 is 0. The first kappa shape index (κ1) is 26.4. The van der Waals surface area contributed by atoms with Crippen molar-refractivity contribution >= 4 is 17.7 Å². The van der Waals surface area contributed by atoms with Crippen molar-refractivity contribution < 1.29 is 33.5 Å². The fourth-order valence-electron chi connectivity index (χ4n) is 4.66. The lowest BCUT2D eigenvalue weighted by atomic mass is 9.97. The van der Waals surface area contributed by atoms with Gasteiger partial charge in [-0.2, -0.15) is 0 Å². The lowest BCUT2D eigenvalue weighted by molar-refractivity contribution is -0.137. The highest BCUT2D eigenvalue weighted by Gasteiger charge is 2.61. The van der Waals surface area contributed by atoms with Gasteiger partial charge in [0.1, 0.15) is 17.0 Å². The molecule has 198 valence electrons. The third-order valence-corrected chi connectivity index (χ3v) is 6.81. The van der Waals surface area contributed by atoms with Crippen molar-refractivity contribution in [3.63, 3.8) is 0 Å². The molecular formula is C27H32FN3O6. The summed E-state index contributed by atoms with van der Waals surface area (Å²) in [5, 5.41) is 14.9. The van der Waals surface area contributed by atoms with Crippen LogP contribution in [-0.2, 0) is 20.9 Å². The van der Waals surface area contributed by atoms with Crippen molar-refractivity contribution in [2.24, 2.45) is 5.92 Å². The quantitative estimate of drug-likeness (QED) is 0.244. The number of nitrogens with one attached hydrogen (secondary N) is 3. The van der Waals surface area contributed by atoms with Crippen molar-refractivity contribution in [2.45, 2.75) is 50.1 Å². The Labute approximate surface area is 214 Å². The van der Waals surface area contributed by atoms with E-state index in [-0.39, 0.29) is 24.8 Å². The maximum atomic E-state index is 13.4. The van der Waals surface area contributed by atoms with Gasteiger partial charge >= 0.3 is 0 Å². The first-order chi connectivity index (χ1) is 17.9. The fraction of sp³-hybridized carbons (Fsp3) is 0.444. The molecule has 9 nitrogen and oxygen atoms in total. The Morgan fingerprint density at radius 1 is 1.16 bits per heavy atom. The molecule has 0 spiro atoms. The highest BCUT2D eigenvalue weighted by Crippen LogP contribution is 2.52. The molecule has 37 heavy (non-hydrogen) atoms. The number of ether oxygens (including phenoxy) is 2. The van der Waals surface area contributed by atoms with E-state index in [1.807, 2.05) is 36.4 Å². The third kappa shape index (κ3) is 6.56. The van der Waals surface area contributed by atoms with Gasteiger partial charge in [0.15, 0.2) is 0 Å². The molecule has 4 N–H and O–H groups in total. The first-order valence-corrected chi connectivity index (χ1v) is 12.5. The minimum absolute atomic E-state index is 0.157. The zero-order chi connectivity index (χ0) is 26.3. The zero-order valence-electron chi connectivity index (χ0n) is 20.5. The van der Waals surface area contributed by atoms with E-state index >= 15 is 0 Å². The number of carbonyl (C=O) groups excluding carboxylic acids is 3. The summed E-state index contributed by atoms with van der Waals surface area (Å²) in [7, 11) is 0. The maximum absolute atomic E-state index is 13.4. The number of amides is 3. The van der Waals surface area contributed by atoms with E-state index in [1.54, 1.807) is 17.6 Å². The van der Waals surface area contributed by atoms with Crippen LogP contribution in [-0.4, -0.2) is 48.4 Å². The van der Waals surface area contributed by atoms with Crippen LogP contribution >= 0.6 is 0 Å². The second-order valence-electron chi connectivity index (χ2n) is 9.43. The molecule has 2 heterocycles. The number of benzene rings is 2. The van der Waals surface area contributed by atoms with Crippen molar-refractivity contribution in [1.29, 1.82) is 0 Å². The summed E-state index contributed by atoms with van der Waals surface area (Å²) in [5.41, 5.74) is 2.23. The van der Waals surface area contributed by atoms with Gasteiger partial charge in [-0.25, -0.2) is 5.48 Å². The Morgan fingerprint density at radius 3 is 2.62 bits per heavy atom. The van der Waals surface area contributed by atoms with Gasteiger partial charge in [-0.3, -0.25) is 24.0 Å². The van der Waals surface area contributed by atoms with Gasteiger partial charge in [0, 0.05) is 31.2 Å². The van der Waals surface area contributed by atoms with Gasteiger partial charge in [0.25, 0.3) is 0 Å². The molecule has 0 saturated heterocycles. The van der Waals surface area contributed by atoms with Gasteiger partial charge in [-0.05, 0) is 54.7 Å². The number of hydrogen-bond donors (Lipinski definition) is 4. The summed E-state index contributed by atoms with van der Waals surface area (Å²) in [6.07, 6.45) is 1.45. The Morgan fingerprint density at radius 2 is 1.92 bits per heavy atom. The molecule has 3 amide bonds. The van der Waals surface area contributed by atoms with Crippen LogP contribution in [0.4, 0.5) is 4.39 Å². The second kappa shape index (κ2) is 12.1. The smallest absolute Gasteiger partial charge is 0.246 e.